The van der Waals surface area contributed by atoms with Crippen LogP contribution in [0.4, 0.5) is 4.79 Å². The lowest BCUT2D eigenvalue weighted by atomic mass is 9.93. The van der Waals surface area contributed by atoms with Crippen LogP contribution in [-0.4, -0.2) is 39.3 Å². The molecule has 1 saturated heterocycles. The highest BCUT2D eigenvalue weighted by atomic mass is 79.9. The van der Waals surface area contributed by atoms with Gasteiger partial charge in [-0.3, -0.25) is 4.79 Å². The molecule has 128 valence electrons. The third kappa shape index (κ3) is 3.28. The van der Waals surface area contributed by atoms with Crippen LogP contribution in [0.5, 0.6) is 0 Å². The molecular formula is C15H21BrN2O4S. The number of hydrogen-bond acceptors (Lipinski definition) is 5. The zero-order valence-electron chi connectivity index (χ0n) is 14.0. The Kier molecular flexibility index (Phi) is 4.62. The van der Waals surface area contributed by atoms with Gasteiger partial charge in [0, 0.05) is 0 Å². The second-order valence-corrected chi connectivity index (χ2v) is 9.63. The Bertz CT molecular complexity index is 609. The number of fused-ring (bicyclic) bond motifs is 1. The summed E-state index contributed by atoms with van der Waals surface area (Å²) in [6, 6.07) is -0.574. The first kappa shape index (κ1) is 18.3. The first-order valence-electron chi connectivity index (χ1n) is 7.27. The molecule has 2 rings (SSSR count). The molecule has 8 heteroatoms. The van der Waals surface area contributed by atoms with Crippen molar-refractivity contribution in [2.45, 2.75) is 58.1 Å². The number of hydrogen-bond donors (Lipinski definition) is 1. The molecule has 0 saturated carbocycles. The van der Waals surface area contributed by atoms with Gasteiger partial charge in [-0.05, 0) is 63.0 Å². The van der Waals surface area contributed by atoms with E-state index in [4.69, 9.17) is 4.74 Å². The normalized spacial score (nSPS) is 25.4. The van der Waals surface area contributed by atoms with Crippen LogP contribution < -0.4 is 5.32 Å². The molecule has 0 radical (unpaired) electrons. The maximum absolute atomic E-state index is 12.9. The number of esters is 1. The Hall–Kier alpha value is -1.02. The van der Waals surface area contributed by atoms with Gasteiger partial charge in [0.05, 0.1) is 15.1 Å². The third-order valence-corrected chi connectivity index (χ3v) is 6.08. The van der Waals surface area contributed by atoms with Gasteiger partial charge in [0.2, 0.25) is 5.91 Å². The van der Waals surface area contributed by atoms with Gasteiger partial charge in [-0.25, -0.2) is 14.5 Å². The van der Waals surface area contributed by atoms with Crippen LogP contribution >= 0.6 is 27.7 Å². The molecular weight excluding hydrogens is 384 g/mol. The number of carbonyl (C=O) groups excluding carboxylic acids is 3. The van der Waals surface area contributed by atoms with E-state index in [1.165, 1.54) is 25.6 Å². The molecule has 6 nitrogen and oxygen atoms in total. The maximum atomic E-state index is 12.9. The van der Waals surface area contributed by atoms with E-state index in [-0.39, 0.29) is 11.3 Å². The number of carbonyl (C=O) groups is 3. The number of thioether (sulfide) groups is 1. The van der Waals surface area contributed by atoms with Gasteiger partial charge in [-0.1, -0.05) is 11.8 Å². The Morgan fingerprint density at radius 1 is 1.26 bits per heavy atom. The standard InChI is InChI=1S/C15H21BrN2O4S/c1-7-8-10(23-9(7)16)17-13(21)18(11(8)19)15(5,6)12(20)22-14(2,3)4/h8,10H,1-6H3,(H,17,21). The molecule has 3 amide bonds. The van der Waals surface area contributed by atoms with E-state index in [1.807, 2.05) is 6.92 Å². The molecule has 2 aliphatic rings. The minimum Gasteiger partial charge on any atom is -0.458 e. The molecule has 0 aliphatic carbocycles. The SMILES string of the molecule is CC1=C(Br)SC2NC(=O)N(C(C)(C)C(=O)OC(C)(C)C)C(=O)C12. The number of nitrogens with one attached hydrogen (secondary N) is 1. The lowest BCUT2D eigenvalue weighted by Gasteiger charge is -2.42. The van der Waals surface area contributed by atoms with Crippen molar-refractivity contribution in [3.05, 3.63) is 9.39 Å². The molecule has 2 heterocycles. The van der Waals surface area contributed by atoms with E-state index in [0.717, 1.165) is 14.3 Å². The van der Waals surface area contributed by atoms with Gasteiger partial charge >= 0.3 is 12.0 Å². The van der Waals surface area contributed by atoms with Crippen LogP contribution in [0.15, 0.2) is 9.39 Å². The highest BCUT2D eigenvalue weighted by Gasteiger charge is 2.53. The molecule has 2 aliphatic heterocycles. The van der Waals surface area contributed by atoms with Crippen LogP contribution in [0.2, 0.25) is 0 Å². The summed E-state index contributed by atoms with van der Waals surface area (Å²) in [6.07, 6.45) is 0. The van der Waals surface area contributed by atoms with Crippen molar-refractivity contribution in [2.75, 3.05) is 0 Å². The monoisotopic (exact) mass is 404 g/mol. The van der Waals surface area contributed by atoms with E-state index in [2.05, 4.69) is 21.2 Å². The molecule has 0 spiro atoms. The fourth-order valence-electron chi connectivity index (χ4n) is 2.50. The minimum atomic E-state index is -1.39. The summed E-state index contributed by atoms with van der Waals surface area (Å²) in [7, 11) is 0. The van der Waals surface area contributed by atoms with E-state index < -0.39 is 29.1 Å². The molecule has 2 atom stereocenters. The summed E-state index contributed by atoms with van der Waals surface area (Å²) in [5, 5.41) is 2.46. The summed E-state index contributed by atoms with van der Waals surface area (Å²) < 4.78 is 6.22. The summed E-state index contributed by atoms with van der Waals surface area (Å²) in [5.41, 5.74) is -1.23. The molecule has 0 aromatic carbocycles. The van der Waals surface area contributed by atoms with E-state index in [0.29, 0.717) is 0 Å². The lowest BCUT2D eigenvalue weighted by Crippen LogP contribution is -2.67. The zero-order chi connectivity index (χ0) is 17.7. The fraction of sp³-hybridized carbons (Fsp3) is 0.667. The van der Waals surface area contributed by atoms with Crippen molar-refractivity contribution in [2.24, 2.45) is 5.92 Å². The largest absolute Gasteiger partial charge is 0.458 e. The number of nitrogens with zero attached hydrogens (tertiary/aromatic N) is 1. The average Bonchev–Trinajstić information content (AvgIpc) is 2.62. The second kappa shape index (κ2) is 5.81. The smallest absolute Gasteiger partial charge is 0.332 e. The van der Waals surface area contributed by atoms with Crippen molar-refractivity contribution in [1.82, 2.24) is 10.2 Å². The van der Waals surface area contributed by atoms with Crippen LogP contribution in [0.25, 0.3) is 0 Å². The van der Waals surface area contributed by atoms with Crippen molar-refractivity contribution >= 4 is 45.6 Å². The number of rotatable bonds is 2. The highest BCUT2D eigenvalue weighted by Crippen LogP contribution is 2.47. The van der Waals surface area contributed by atoms with E-state index in [1.54, 1.807) is 20.8 Å². The summed E-state index contributed by atoms with van der Waals surface area (Å²) in [6.45, 7) is 10.1. The predicted molar refractivity (Wildman–Crippen MR) is 91.8 cm³/mol. The Balaban J connectivity index is 2.32. The molecule has 0 bridgehead atoms. The quantitative estimate of drug-likeness (QED) is 0.715. The molecule has 2 unspecified atom stereocenters. The van der Waals surface area contributed by atoms with Crippen molar-refractivity contribution in [1.29, 1.82) is 0 Å². The van der Waals surface area contributed by atoms with E-state index in [9.17, 15) is 14.4 Å². The Labute approximate surface area is 148 Å². The van der Waals surface area contributed by atoms with Crippen LogP contribution in [0.3, 0.4) is 0 Å². The average molecular weight is 405 g/mol. The Morgan fingerprint density at radius 3 is 2.35 bits per heavy atom. The molecule has 1 fully saturated rings. The zero-order valence-corrected chi connectivity index (χ0v) is 16.4. The van der Waals surface area contributed by atoms with Gasteiger partial charge in [0.25, 0.3) is 0 Å². The van der Waals surface area contributed by atoms with Crippen molar-refractivity contribution in [3.63, 3.8) is 0 Å². The fourth-order valence-corrected chi connectivity index (χ4v) is 4.50. The van der Waals surface area contributed by atoms with Gasteiger partial charge in [0.15, 0.2) is 0 Å². The van der Waals surface area contributed by atoms with Crippen LogP contribution in [-0.2, 0) is 14.3 Å². The summed E-state index contributed by atoms with van der Waals surface area (Å²) in [5.74, 6) is -1.47. The number of urea groups is 1. The number of ether oxygens (including phenoxy) is 1. The highest BCUT2D eigenvalue weighted by molar-refractivity contribution is 9.14. The summed E-state index contributed by atoms with van der Waals surface area (Å²) >= 11 is 4.81. The molecule has 0 aromatic rings. The minimum absolute atomic E-state index is 0.338. The van der Waals surface area contributed by atoms with Crippen LogP contribution in [0, 0.1) is 5.92 Å². The van der Waals surface area contributed by atoms with Crippen LogP contribution in [0.1, 0.15) is 41.5 Å². The number of halogens is 1. The summed E-state index contributed by atoms with van der Waals surface area (Å²) in [4.78, 5) is 38.8. The second-order valence-electron chi connectivity index (χ2n) is 7.16. The first-order chi connectivity index (χ1) is 10.4. The topological polar surface area (TPSA) is 75.7 Å². The van der Waals surface area contributed by atoms with E-state index >= 15 is 0 Å². The van der Waals surface area contributed by atoms with Gasteiger partial charge in [0.1, 0.15) is 11.1 Å². The number of imide groups is 1. The first-order valence-corrected chi connectivity index (χ1v) is 8.94. The lowest BCUT2D eigenvalue weighted by molar-refractivity contribution is -0.170. The van der Waals surface area contributed by atoms with Gasteiger partial charge < -0.3 is 10.1 Å². The third-order valence-electron chi connectivity index (χ3n) is 3.72. The molecule has 1 N–H and O–H groups in total. The molecule has 0 aromatic heterocycles. The molecule has 23 heavy (non-hydrogen) atoms. The maximum Gasteiger partial charge on any atom is 0.332 e. The number of amides is 3. The van der Waals surface area contributed by atoms with Crippen molar-refractivity contribution < 1.29 is 19.1 Å². The Morgan fingerprint density at radius 2 is 1.83 bits per heavy atom. The van der Waals surface area contributed by atoms with Crippen molar-refractivity contribution in [3.8, 4) is 0 Å². The predicted octanol–water partition coefficient (Wildman–Crippen LogP) is 2.97. The van der Waals surface area contributed by atoms with Gasteiger partial charge in [-0.2, -0.15) is 0 Å². The van der Waals surface area contributed by atoms with Gasteiger partial charge in [-0.15, -0.1) is 0 Å².